The largest absolute Gasteiger partial charge is 0.456 e. The topological polar surface area (TPSA) is 97.7 Å². The molecule has 69 heavy (non-hydrogen) atoms. The van der Waals surface area contributed by atoms with Gasteiger partial charge in [-0.3, -0.25) is 19.2 Å². The highest BCUT2D eigenvalue weighted by atomic mass is 19.4. The molecule has 0 amide bonds. The zero-order valence-electron chi connectivity index (χ0n) is 40.1. The molecular weight excluding hydrogens is 888 g/mol. The summed E-state index contributed by atoms with van der Waals surface area (Å²) in [6.45, 7) is 12.2. The fourth-order valence-corrected chi connectivity index (χ4v) is 16.0. The van der Waals surface area contributed by atoms with Crippen molar-refractivity contribution in [1.82, 2.24) is 0 Å². The quantitative estimate of drug-likeness (QED) is 0.182. The lowest BCUT2D eigenvalue weighted by Gasteiger charge is -2.56. The Hall–Kier alpha value is -4.61. The summed E-state index contributed by atoms with van der Waals surface area (Å²) >= 11 is 0. The van der Waals surface area contributed by atoms with Gasteiger partial charge in [0.25, 0.3) is 0 Å². The normalized spacial score (nSPS) is 36.1. The van der Waals surface area contributed by atoms with Crippen LogP contribution in [0.25, 0.3) is 0 Å². The van der Waals surface area contributed by atoms with E-state index in [1.165, 1.54) is 42.6 Å². The minimum absolute atomic E-state index is 0.0378. The molecule has 2 aromatic rings. The van der Waals surface area contributed by atoms with E-state index < -0.39 is 41.4 Å². The average molecular weight is 951 g/mol. The third kappa shape index (κ3) is 7.18. The van der Waals surface area contributed by atoms with Crippen molar-refractivity contribution in [2.45, 2.75) is 159 Å². The zero-order valence-corrected chi connectivity index (χ0v) is 40.1. The van der Waals surface area contributed by atoms with Crippen LogP contribution in [0.2, 0.25) is 0 Å². The summed E-state index contributed by atoms with van der Waals surface area (Å²) in [5, 5.41) is 11.3. The van der Waals surface area contributed by atoms with Crippen molar-refractivity contribution in [2.75, 3.05) is 6.61 Å². The molecule has 6 nitrogen and oxygen atoms in total. The first-order valence-corrected chi connectivity index (χ1v) is 25.2. The van der Waals surface area contributed by atoms with Gasteiger partial charge in [0.2, 0.25) is 0 Å². The molecule has 366 valence electrons. The number of aliphatic hydroxyl groups is 1. The molecule has 4 unspecified atom stereocenters. The number of rotatable bonds is 5. The molecule has 10 atom stereocenters. The standard InChI is InChI=1S/C30H34O3.C28H29F5O3/c1-18-13-15-33-30(18)14-12-27-25-10-8-22-16-23(32)9-11-24(22)28(25)26(17-29(27,30)3)21-6-4-20(5-7-21)19(2)31;1-15(34)16-3-5-17(6-4-16)22-14-25(2)23(11-12-26(25,36)27(29,30)28(31,32)33)21-9-7-18-13-19(35)8-10-20(18)24(21)22/h4-7,16,25-27H,1,8-15,17H2,2-3H3;3-6,13,21-23,36H,7-12,14H2,1-2H3/t25?,26-,27?,29+,30-;21?,22-,23?,25+,26+/m11/s1. The van der Waals surface area contributed by atoms with E-state index in [4.69, 9.17) is 4.74 Å². The number of ketones is 4. The maximum Gasteiger partial charge on any atom is 0.456 e. The predicted molar refractivity (Wildman–Crippen MR) is 252 cm³/mol. The van der Waals surface area contributed by atoms with E-state index in [2.05, 4.69) is 25.6 Å². The smallest absolute Gasteiger partial charge is 0.383 e. The molecule has 0 bridgehead atoms. The van der Waals surface area contributed by atoms with Crippen LogP contribution in [-0.2, 0) is 14.3 Å². The van der Waals surface area contributed by atoms with E-state index in [9.17, 15) is 46.2 Å². The molecule has 0 aromatic heterocycles. The number of allylic oxidation sites excluding steroid dienone is 8. The van der Waals surface area contributed by atoms with Crippen molar-refractivity contribution < 1.29 is 51.0 Å². The number of Topliss-reactive ketones (excluding diaryl/α,β-unsaturated/α-hetero) is 2. The van der Waals surface area contributed by atoms with Crippen LogP contribution in [0, 0.1) is 34.5 Å². The molecule has 2 aromatic carbocycles. The molecular formula is C58H63F5O6. The molecule has 1 saturated heterocycles. The molecule has 11 rings (SSSR count). The summed E-state index contributed by atoms with van der Waals surface area (Å²) < 4.78 is 77.3. The Morgan fingerprint density at radius 3 is 1.52 bits per heavy atom. The van der Waals surface area contributed by atoms with Crippen LogP contribution < -0.4 is 0 Å². The number of carbonyl (C=O) groups excluding carboxylic acids is 4. The van der Waals surface area contributed by atoms with Crippen LogP contribution in [0.4, 0.5) is 22.0 Å². The Kier molecular flexibility index (Phi) is 11.7. The van der Waals surface area contributed by atoms with Crippen LogP contribution in [0.15, 0.2) is 106 Å². The molecule has 0 radical (unpaired) electrons. The number of carbonyl (C=O) groups is 4. The lowest BCUT2D eigenvalue weighted by molar-refractivity contribution is -0.362. The van der Waals surface area contributed by atoms with Gasteiger partial charge in [-0.15, -0.1) is 0 Å². The Morgan fingerprint density at radius 2 is 1.09 bits per heavy atom. The highest BCUT2D eigenvalue weighted by molar-refractivity contribution is 5.95. The van der Waals surface area contributed by atoms with Gasteiger partial charge in [-0.05, 0) is 172 Å². The van der Waals surface area contributed by atoms with E-state index in [0.29, 0.717) is 55.4 Å². The van der Waals surface area contributed by atoms with E-state index in [1.54, 1.807) is 42.8 Å². The molecule has 1 aliphatic heterocycles. The SMILES string of the molecule is C=C1CCO[C@]12CCC1C3CCC4=CC(=O)CCC4=C3[C@@H](c3ccc(C(C)=O)cc3)C[C@@]12C.CC(=O)c1ccc([C@H]2C[C@@]3(C)C(CC[C@@]3(O)C(F)(F)C(F)(F)F)C3CCC4=CC(=O)CCC4=C32)cc1. The number of alkyl halides is 5. The molecule has 1 heterocycles. The summed E-state index contributed by atoms with van der Waals surface area (Å²) in [6, 6.07) is 15.1. The average Bonchev–Trinajstić information content (AvgIpc) is 3.94. The van der Waals surface area contributed by atoms with Crippen molar-refractivity contribution in [2.24, 2.45) is 34.5 Å². The number of fused-ring (bicyclic) bond motifs is 9. The zero-order chi connectivity index (χ0) is 49.2. The molecule has 5 fully saturated rings. The fraction of sp³-hybridized carbons (Fsp3) is 0.552. The van der Waals surface area contributed by atoms with Gasteiger partial charge < -0.3 is 9.84 Å². The molecule has 1 N–H and O–H groups in total. The van der Waals surface area contributed by atoms with E-state index in [-0.39, 0.29) is 52.9 Å². The second-order valence-electron chi connectivity index (χ2n) is 22.4. The first kappa shape index (κ1) is 48.0. The molecule has 11 heteroatoms. The number of benzene rings is 2. The van der Waals surface area contributed by atoms with Gasteiger partial charge in [0, 0.05) is 46.6 Å². The van der Waals surface area contributed by atoms with Crippen LogP contribution in [-0.4, -0.2) is 58.1 Å². The summed E-state index contributed by atoms with van der Waals surface area (Å²) in [6.07, 6.45) is 7.02. The number of ether oxygens (including phenoxy) is 1. The van der Waals surface area contributed by atoms with Gasteiger partial charge in [-0.25, -0.2) is 0 Å². The Morgan fingerprint density at radius 1 is 0.638 bits per heavy atom. The van der Waals surface area contributed by atoms with Crippen LogP contribution in [0.1, 0.15) is 168 Å². The molecule has 4 saturated carbocycles. The lowest BCUT2D eigenvalue weighted by Crippen LogP contribution is -2.65. The number of hydrogen-bond acceptors (Lipinski definition) is 6. The van der Waals surface area contributed by atoms with Gasteiger partial charge in [-0.1, -0.05) is 80.1 Å². The number of hydrogen-bond donors (Lipinski definition) is 1. The van der Waals surface area contributed by atoms with E-state index >= 15 is 0 Å². The van der Waals surface area contributed by atoms with Crippen molar-refractivity contribution in [1.29, 1.82) is 0 Å². The number of halogens is 5. The monoisotopic (exact) mass is 950 g/mol. The third-order valence-electron chi connectivity index (χ3n) is 19.4. The molecule has 8 aliphatic carbocycles. The van der Waals surface area contributed by atoms with Crippen LogP contribution in [0.3, 0.4) is 0 Å². The van der Waals surface area contributed by atoms with Crippen LogP contribution >= 0.6 is 0 Å². The summed E-state index contributed by atoms with van der Waals surface area (Å²) in [4.78, 5) is 48.0. The van der Waals surface area contributed by atoms with Gasteiger partial charge in [-0.2, -0.15) is 22.0 Å². The van der Waals surface area contributed by atoms with Crippen molar-refractivity contribution in [3.63, 3.8) is 0 Å². The highest BCUT2D eigenvalue weighted by Gasteiger charge is 2.79. The van der Waals surface area contributed by atoms with Gasteiger partial charge >= 0.3 is 12.1 Å². The second-order valence-corrected chi connectivity index (χ2v) is 22.4. The van der Waals surface area contributed by atoms with E-state index in [1.807, 2.05) is 18.2 Å². The maximum atomic E-state index is 15.0. The van der Waals surface area contributed by atoms with E-state index in [0.717, 1.165) is 73.0 Å². The highest BCUT2D eigenvalue weighted by Crippen LogP contribution is 2.72. The Labute approximate surface area is 401 Å². The van der Waals surface area contributed by atoms with Crippen molar-refractivity contribution in [3.8, 4) is 0 Å². The minimum atomic E-state index is -5.87. The van der Waals surface area contributed by atoms with Gasteiger partial charge in [0.05, 0.1) is 12.2 Å². The maximum absolute atomic E-state index is 15.0. The lowest BCUT2D eigenvalue weighted by atomic mass is 9.50. The summed E-state index contributed by atoms with van der Waals surface area (Å²) in [5.74, 6) is -4.83. The predicted octanol–water partition coefficient (Wildman–Crippen LogP) is 13.2. The second kappa shape index (κ2) is 16.7. The molecule has 1 spiro atoms. The molecule has 9 aliphatic rings. The first-order chi connectivity index (χ1) is 32.5. The Balaban J connectivity index is 0.000000161. The fourth-order valence-electron chi connectivity index (χ4n) is 16.0. The minimum Gasteiger partial charge on any atom is -0.383 e. The summed E-state index contributed by atoms with van der Waals surface area (Å²) in [7, 11) is 0. The third-order valence-corrected chi connectivity index (χ3v) is 19.4. The Bertz CT molecular complexity index is 2670. The van der Waals surface area contributed by atoms with Crippen LogP contribution in [0.5, 0.6) is 0 Å². The van der Waals surface area contributed by atoms with Gasteiger partial charge in [0.1, 0.15) is 5.60 Å². The van der Waals surface area contributed by atoms with Crippen molar-refractivity contribution >= 4 is 23.1 Å². The van der Waals surface area contributed by atoms with Crippen molar-refractivity contribution in [3.05, 3.63) is 129 Å². The van der Waals surface area contributed by atoms with Gasteiger partial charge in [0.15, 0.2) is 23.1 Å². The first-order valence-electron chi connectivity index (χ1n) is 25.2. The summed E-state index contributed by atoms with van der Waals surface area (Å²) in [5.41, 5.74) is 6.84.